The van der Waals surface area contributed by atoms with Gasteiger partial charge >= 0.3 is 12.4 Å². The third-order valence-electron chi connectivity index (χ3n) is 6.62. The number of alkyl halides is 3. The molecule has 4 aromatic rings. The predicted molar refractivity (Wildman–Crippen MR) is 173 cm³/mol. The minimum absolute atomic E-state index is 0.0532. The van der Waals surface area contributed by atoms with Crippen LogP contribution in [0.4, 0.5) is 35.3 Å². The number of thioether (sulfide) groups is 1. The Bertz CT molecular complexity index is 1810. The lowest BCUT2D eigenvalue weighted by molar-refractivity contribution is -0.274. The van der Waals surface area contributed by atoms with Crippen molar-refractivity contribution in [3.63, 3.8) is 0 Å². The van der Waals surface area contributed by atoms with Gasteiger partial charge in [-0.1, -0.05) is 31.8 Å². The highest BCUT2D eigenvalue weighted by Crippen LogP contribution is 2.34. The predicted octanol–water partition coefficient (Wildman–Crippen LogP) is 5.79. The van der Waals surface area contributed by atoms with Crippen molar-refractivity contribution in [3.05, 3.63) is 84.2 Å². The number of aromatic nitrogens is 3. The number of carbonyl (C=O) groups is 3. The molecule has 1 aromatic heterocycles. The Labute approximate surface area is 267 Å². The Morgan fingerprint density at radius 2 is 1.76 bits per heavy atom. The molecule has 11 nitrogen and oxygen atoms in total. The van der Waals surface area contributed by atoms with Gasteiger partial charge in [0.25, 0.3) is 11.9 Å². The summed E-state index contributed by atoms with van der Waals surface area (Å²) in [4.78, 5) is 49.8. The molecule has 1 aliphatic rings. The highest BCUT2D eigenvalue weighted by molar-refractivity contribution is 8.15. The number of carbonyl (C=O) groups excluding carboxylic acids is 3. The number of halogens is 3. The zero-order chi connectivity index (χ0) is 33.2. The molecule has 0 bridgehead atoms. The molecule has 3 aromatic carbocycles. The van der Waals surface area contributed by atoms with Crippen LogP contribution in [0.3, 0.4) is 0 Å². The van der Waals surface area contributed by atoms with E-state index in [2.05, 4.69) is 38.5 Å². The van der Waals surface area contributed by atoms with Crippen LogP contribution in [0, 0.1) is 6.92 Å². The number of amides is 4. The van der Waals surface area contributed by atoms with E-state index in [1.54, 1.807) is 12.1 Å². The van der Waals surface area contributed by atoms with Gasteiger partial charge in [0.1, 0.15) is 12.1 Å². The largest absolute Gasteiger partial charge is 0.573 e. The fourth-order valence-electron chi connectivity index (χ4n) is 4.42. The fourth-order valence-corrected chi connectivity index (χ4v) is 6.28. The molecule has 0 saturated carbocycles. The van der Waals surface area contributed by atoms with Gasteiger partial charge in [-0.2, -0.15) is 9.98 Å². The first-order valence-corrected chi connectivity index (χ1v) is 16.8. The molecule has 46 heavy (non-hydrogen) atoms. The van der Waals surface area contributed by atoms with Gasteiger partial charge in [0, 0.05) is 18.3 Å². The summed E-state index contributed by atoms with van der Waals surface area (Å²) in [5.41, 5.74) is 2.79. The van der Waals surface area contributed by atoms with Crippen molar-refractivity contribution in [2.75, 3.05) is 41.2 Å². The number of hydrogen-bond acceptors (Lipinski definition) is 7. The minimum atomic E-state index is -4.80. The van der Waals surface area contributed by atoms with E-state index in [1.807, 2.05) is 25.1 Å². The summed E-state index contributed by atoms with van der Waals surface area (Å²) in [7, 11) is 0.952. The smallest absolute Gasteiger partial charge is 0.406 e. The van der Waals surface area contributed by atoms with Gasteiger partial charge in [0.15, 0.2) is 5.17 Å². The van der Waals surface area contributed by atoms with Crippen LogP contribution < -0.4 is 25.2 Å². The van der Waals surface area contributed by atoms with Crippen molar-refractivity contribution in [3.8, 4) is 11.4 Å². The zero-order valence-corrected chi connectivity index (χ0v) is 26.7. The van der Waals surface area contributed by atoms with Crippen molar-refractivity contribution < 1.29 is 32.3 Å². The SMILES string of the molecule is Cc1ccc(P(C)C)c(N2C(=O)CS/C2=N\C(=O)Nc2ccc(C(=O)N(C)c3ncn(-c4ccc(OC(F)(F)F)cc4)n3)cc2)c1. The van der Waals surface area contributed by atoms with Gasteiger partial charge in [0.2, 0.25) is 5.91 Å². The lowest BCUT2D eigenvalue weighted by atomic mass is 10.2. The molecule has 238 valence electrons. The van der Waals surface area contributed by atoms with Gasteiger partial charge in [-0.25, -0.2) is 9.48 Å². The average Bonchev–Trinajstić information content (AvgIpc) is 3.63. The number of rotatable bonds is 7. The van der Waals surface area contributed by atoms with E-state index in [1.165, 1.54) is 63.9 Å². The van der Waals surface area contributed by atoms with Gasteiger partial charge in [-0.15, -0.1) is 18.3 Å². The molecule has 1 N–H and O–H groups in total. The summed E-state index contributed by atoms with van der Waals surface area (Å²) in [5, 5.41) is 8.23. The van der Waals surface area contributed by atoms with Crippen LogP contribution in [0.25, 0.3) is 5.69 Å². The molecule has 1 saturated heterocycles. The van der Waals surface area contributed by atoms with E-state index in [0.717, 1.165) is 28.7 Å². The highest BCUT2D eigenvalue weighted by Gasteiger charge is 2.33. The number of nitrogens with zero attached hydrogens (tertiary/aromatic N) is 6. The fraction of sp³-hybridized carbons (Fsp3) is 0.200. The lowest BCUT2D eigenvalue weighted by Gasteiger charge is -2.22. The second kappa shape index (κ2) is 13.3. The first kappa shape index (κ1) is 32.6. The van der Waals surface area contributed by atoms with Crippen molar-refractivity contribution in [1.82, 2.24) is 14.8 Å². The van der Waals surface area contributed by atoms with Crippen LogP contribution in [-0.2, 0) is 4.79 Å². The minimum Gasteiger partial charge on any atom is -0.406 e. The van der Waals surface area contributed by atoms with Crippen molar-refractivity contribution in [1.29, 1.82) is 0 Å². The molecule has 16 heteroatoms. The molecular weight excluding hydrogens is 642 g/mol. The lowest BCUT2D eigenvalue weighted by Crippen LogP contribution is -2.33. The van der Waals surface area contributed by atoms with Crippen molar-refractivity contribution >= 4 is 65.3 Å². The molecule has 0 radical (unpaired) electrons. The molecule has 1 aliphatic heterocycles. The van der Waals surface area contributed by atoms with Crippen LogP contribution in [0.15, 0.2) is 78.0 Å². The number of hydrogen-bond donors (Lipinski definition) is 1. The van der Waals surface area contributed by atoms with Crippen molar-refractivity contribution in [2.24, 2.45) is 4.99 Å². The molecule has 5 rings (SSSR count). The van der Waals surface area contributed by atoms with Crippen LogP contribution in [0.5, 0.6) is 5.75 Å². The molecular formula is C30H27F3N7O4PS. The summed E-state index contributed by atoms with van der Waals surface area (Å²) in [6.07, 6.45) is -3.48. The number of nitrogens with one attached hydrogen (secondary N) is 1. The normalized spacial score (nSPS) is 14.2. The molecule has 0 atom stereocenters. The molecule has 1 fully saturated rings. The summed E-state index contributed by atoms with van der Waals surface area (Å²) in [6, 6.07) is 16.4. The van der Waals surface area contributed by atoms with Gasteiger partial charge in [0.05, 0.1) is 17.1 Å². The quantitative estimate of drug-likeness (QED) is 0.248. The van der Waals surface area contributed by atoms with Gasteiger partial charge in [-0.05, 0) is 85.7 Å². The maximum Gasteiger partial charge on any atom is 0.573 e. The first-order chi connectivity index (χ1) is 21.8. The summed E-state index contributed by atoms with van der Waals surface area (Å²) in [6.45, 7) is 6.13. The summed E-state index contributed by atoms with van der Waals surface area (Å²) >= 11 is 1.19. The van der Waals surface area contributed by atoms with Crippen LogP contribution in [0.2, 0.25) is 0 Å². The zero-order valence-electron chi connectivity index (χ0n) is 24.9. The van der Waals surface area contributed by atoms with E-state index in [0.29, 0.717) is 11.4 Å². The molecule has 2 heterocycles. The number of anilines is 3. The third-order valence-corrected chi connectivity index (χ3v) is 8.88. The third kappa shape index (κ3) is 7.54. The number of aryl methyl sites for hydroxylation is 1. The van der Waals surface area contributed by atoms with E-state index >= 15 is 0 Å². The van der Waals surface area contributed by atoms with E-state index in [4.69, 9.17) is 0 Å². The van der Waals surface area contributed by atoms with Crippen LogP contribution in [0.1, 0.15) is 15.9 Å². The monoisotopic (exact) mass is 669 g/mol. The van der Waals surface area contributed by atoms with E-state index in [-0.39, 0.29) is 34.1 Å². The van der Waals surface area contributed by atoms with Crippen LogP contribution >= 0.6 is 19.7 Å². The molecule has 0 spiro atoms. The van der Waals surface area contributed by atoms with Crippen LogP contribution in [-0.4, -0.2) is 70.3 Å². The number of aliphatic imine (C=N–C) groups is 1. The van der Waals surface area contributed by atoms with Gasteiger partial charge < -0.3 is 10.1 Å². The average molecular weight is 670 g/mol. The number of amidine groups is 1. The molecule has 4 amide bonds. The Kier molecular flexibility index (Phi) is 9.44. The number of urea groups is 1. The highest BCUT2D eigenvalue weighted by atomic mass is 32.2. The number of ether oxygens (including phenoxy) is 1. The Morgan fingerprint density at radius 3 is 2.41 bits per heavy atom. The summed E-state index contributed by atoms with van der Waals surface area (Å²) < 4.78 is 42.4. The van der Waals surface area contributed by atoms with Crippen molar-refractivity contribution in [2.45, 2.75) is 13.3 Å². The summed E-state index contributed by atoms with van der Waals surface area (Å²) in [5.74, 6) is -0.751. The standard InChI is InChI=1S/C30H27F3N7O4PS/c1-18-5-14-24(45(3)4)23(15-18)40-25(41)16-46-29(40)36-28(43)35-20-8-6-19(7-9-20)26(42)38(2)27-34-17-39(37-27)21-10-12-22(13-11-21)44-30(31,32)33/h5-15,17H,16H2,1-4H3,(H,35,43)/b36-29-. The maximum absolute atomic E-state index is 13.1. The molecule has 0 aliphatic carbocycles. The first-order valence-electron chi connectivity index (χ1n) is 13.6. The second-order valence-corrected chi connectivity index (χ2v) is 13.4. The van der Waals surface area contributed by atoms with Gasteiger partial charge in [-0.3, -0.25) is 19.4 Å². The maximum atomic E-state index is 13.1. The van der Waals surface area contributed by atoms with E-state index < -0.39 is 26.2 Å². The number of benzene rings is 3. The molecule has 0 unspecified atom stereocenters. The van der Waals surface area contributed by atoms with E-state index in [9.17, 15) is 27.6 Å². The Balaban J connectivity index is 1.24. The Hall–Kier alpha value is -4.75. The topological polar surface area (TPSA) is 122 Å². The Morgan fingerprint density at radius 1 is 1.07 bits per heavy atom. The second-order valence-electron chi connectivity index (χ2n) is 10.2.